The van der Waals surface area contributed by atoms with Gasteiger partial charge in [-0.15, -0.1) is 0 Å². The molecule has 35 heavy (non-hydrogen) atoms. The zero-order chi connectivity index (χ0) is 25.6. The molecule has 1 aliphatic heterocycles. The molecule has 184 valence electrons. The summed E-state index contributed by atoms with van der Waals surface area (Å²) in [5.74, 6) is 3.76. The molecule has 3 rings (SSSR count). The molecule has 0 saturated carbocycles. The van der Waals surface area contributed by atoms with Crippen LogP contribution in [0.4, 0.5) is 4.39 Å². The molecule has 3 N–H and O–H groups in total. The van der Waals surface area contributed by atoms with Crippen molar-refractivity contribution in [1.29, 1.82) is 0 Å². The molecule has 2 aromatic carbocycles. The van der Waals surface area contributed by atoms with Crippen LogP contribution < -0.4 is 10.8 Å². The minimum atomic E-state index is -1.95. The highest BCUT2D eigenvalue weighted by atomic mass is 19.1. The van der Waals surface area contributed by atoms with Gasteiger partial charge < -0.3 is 10.2 Å². The second-order valence-electron chi connectivity index (χ2n) is 8.60. The average molecular weight is 481 g/mol. The summed E-state index contributed by atoms with van der Waals surface area (Å²) in [5.41, 5.74) is 2.36. The van der Waals surface area contributed by atoms with E-state index in [1.165, 1.54) is 26.5 Å². The first-order valence-corrected chi connectivity index (χ1v) is 11.2. The van der Waals surface area contributed by atoms with Gasteiger partial charge >= 0.3 is 0 Å². The van der Waals surface area contributed by atoms with Crippen molar-refractivity contribution in [2.24, 2.45) is 0 Å². The molecule has 0 aromatic heterocycles. The van der Waals surface area contributed by atoms with E-state index in [1.54, 1.807) is 24.3 Å². The fourth-order valence-corrected chi connectivity index (χ4v) is 3.88. The Bertz CT molecular complexity index is 1120. The van der Waals surface area contributed by atoms with Crippen LogP contribution in [0, 0.1) is 11.8 Å². The maximum Gasteiger partial charge on any atom is 0.278 e. The Kier molecular flexibility index (Phi) is 8.22. The van der Waals surface area contributed by atoms with Crippen LogP contribution in [0.3, 0.4) is 0 Å². The molecule has 0 bridgehead atoms. The third kappa shape index (κ3) is 5.85. The van der Waals surface area contributed by atoms with Crippen LogP contribution in [0.5, 0.6) is 0 Å². The summed E-state index contributed by atoms with van der Waals surface area (Å²) in [4.78, 5) is 40.4. The number of carbonyl (C=O) groups is 3. The molecule has 0 spiro atoms. The van der Waals surface area contributed by atoms with Gasteiger partial charge in [-0.3, -0.25) is 24.5 Å². The number of halogens is 1. The zero-order valence-corrected chi connectivity index (χ0v) is 20.0. The van der Waals surface area contributed by atoms with Crippen molar-refractivity contribution in [2.45, 2.75) is 31.6 Å². The molecular formula is C26H29FN4O4. The highest BCUT2D eigenvalue weighted by Gasteiger charge is 2.47. The number of amides is 3. The monoisotopic (exact) mass is 480 g/mol. The standard InChI is InChI=1S/C26H29FN4O4/c1-26(24(33)28-2,25(34)29-35)30(3)23(32)21-12-10-19(11-13-21)5-4-18-6-8-20(9-7-18)16-31-15-14-22(27)17-31/h6-13,22,35H,14-17H2,1-3H3,(H,28,33)(H,29,34)/t22?,26-/m0/s1. The van der Waals surface area contributed by atoms with Gasteiger partial charge in [0.25, 0.3) is 17.7 Å². The second kappa shape index (κ2) is 11.1. The molecule has 9 heteroatoms. The summed E-state index contributed by atoms with van der Waals surface area (Å²) in [6.07, 6.45) is -0.141. The molecule has 0 radical (unpaired) electrons. The van der Waals surface area contributed by atoms with Crippen molar-refractivity contribution in [3.05, 3.63) is 70.8 Å². The van der Waals surface area contributed by atoms with Crippen LogP contribution in [-0.4, -0.2) is 71.6 Å². The number of hydrogen-bond acceptors (Lipinski definition) is 5. The molecule has 2 atom stereocenters. The minimum absolute atomic E-state index is 0.251. The fraction of sp³-hybridized carbons (Fsp3) is 0.346. The average Bonchev–Trinajstić information content (AvgIpc) is 3.30. The van der Waals surface area contributed by atoms with Gasteiger partial charge in [-0.1, -0.05) is 24.0 Å². The Morgan fingerprint density at radius 2 is 1.66 bits per heavy atom. The molecule has 3 amide bonds. The van der Waals surface area contributed by atoms with Crippen molar-refractivity contribution >= 4 is 17.7 Å². The topological polar surface area (TPSA) is 102 Å². The van der Waals surface area contributed by atoms with Crippen LogP contribution in [0.15, 0.2) is 48.5 Å². The maximum absolute atomic E-state index is 13.3. The Hall–Kier alpha value is -3.74. The number of likely N-dealkylation sites (N-methyl/N-ethyl adjacent to an activating group) is 2. The first kappa shape index (κ1) is 25.9. The highest BCUT2D eigenvalue weighted by Crippen LogP contribution is 2.19. The molecular weight excluding hydrogens is 451 g/mol. The first-order chi connectivity index (χ1) is 16.7. The highest BCUT2D eigenvalue weighted by molar-refractivity contribution is 6.12. The second-order valence-corrected chi connectivity index (χ2v) is 8.60. The Labute approximate surface area is 204 Å². The van der Waals surface area contributed by atoms with E-state index in [0.717, 1.165) is 29.1 Å². The number of nitrogens with zero attached hydrogens (tertiary/aromatic N) is 2. The van der Waals surface area contributed by atoms with E-state index in [-0.39, 0.29) is 5.56 Å². The van der Waals surface area contributed by atoms with E-state index in [4.69, 9.17) is 5.21 Å². The van der Waals surface area contributed by atoms with Gasteiger partial charge in [-0.05, 0) is 55.3 Å². The lowest BCUT2D eigenvalue weighted by Crippen LogP contribution is -2.64. The molecule has 1 unspecified atom stereocenters. The van der Waals surface area contributed by atoms with E-state index < -0.39 is 29.4 Å². The third-order valence-electron chi connectivity index (χ3n) is 6.25. The largest absolute Gasteiger partial charge is 0.357 e. The summed E-state index contributed by atoms with van der Waals surface area (Å²) >= 11 is 0. The lowest BCUT2D eigenvalue weighted by Gasteiger charge is -2.34. The van der Waals surface area contributed by atoms with Gasteiger partial charge in [0.2, 0.25) is 0 Å². The molecule has 8 nitrogen and oxygen atoms in total. The lowest BCUT2D eigenvalue weighted by molar-refractivity contribution is -0.148. The summed E-state index contributed by atoms with van der Waals surface area (Å²) in [6.45, 7) is 3.21. The van der Waals surface area contributed by atoms with Gasteiger partial charge in [-0.25, -0.2) is 9.87 Å². The third-order valence-corrected chi connectivity index (χ3v) is 6.25. The smallest absolute Gasteiger partial charge is 0.278 e. The van der Waals surface area contributed by atoms with E-state index >= 15 is 0 Å². The Balaban J connectivity index is 1.67. The molecule has 1 aliphatic rings. The zero-order valence-electron chi connectivity index (χ0n) is 20.0. The van der Waals surface area contributed by atoms with Crippen LogP contribution in [-0.2, 0) is 16.1 Å². The predicted molar refractivity (Wildman–Crippen MR) is 128 cm³/mol. The molecule has 1 saturated heterocycles. The van der Waals surface area contributed by atoms with E-state index in [0.29, 0.717) is 18.5 Å². The van der Waals surface area contributed by atoms with Crippen molar-refractivity contribution in [3.63, 3.8) is 0 Å². The molecule has 0 aliphatic carbocycles. The number of hydrogen-bond donors (Lipinski definition) is 3. The number of benzene rings is 2. The van der Waals surface area contributed by atoms with Crippen molar-refractivity contribution < 1.29 is 24.0 Å². The van der Waals surface area contributed by atoms with Gasteiger partial charge in [0, 0.05) is 50.4 Å². The SMILES string of the molecule is CNC(=O)[C@@](C)(C(=O)NO)N(C)C(=O)c1ccc(C#Cc2ccc(CN3CCC(F)C3)cc2)cc1. The lowest BCUT2D eigenvalue weighted by atomic mass is 9.96. The Morgan fingerprint density at radius 3 is 2.14 bits per heavy atom. The van der Waals surface area contributed by atoms with Crippen LogP contribution in [0.1, 0.15) is 40.4 Å². The van der Waals surface area contributed by atoms with Crippen molar-refractivity contribution in [3.8, 4) is 11.8 Å². The normalized spacial score (nSPS) is 17.0. The summed E-state index contributed by atoms with van der Waals surface area (Å²) in [6, 6.07) is 14.3. The van der Waals surface area contributed by atoms with Gasteiger partial charge in [-0.2, -0.15) is 0 Å². The number of nitrogens with one attached hydrogen (secondary N) is 2. The number of rotatable bonds is 6. The maximum atomic E-state index is 13.3. The predicted octanol–water partition coefficient (Wildman–Crippen LogP) is 1.71. The van der Waals surface area contributed by atoms with Crippen molar-refractivity contribution in [2.75, 3.05) is 27.2 Å². The quantitative estimate of drug-likeness (QED) is 0.253. The van der Waals surface area contributed by atoms with E-state index in [1.807, 2.05) is 24.3 Å². The molecule has 1 heterocycles. The van der Waals surface area contributed by atoms with E-state index in [2.05, 4.69) is 22.1 Å². The number of alkyl halides is 1. The number of likely N-dealkylation sites (tertiary alicyclic amines) is 1. The minimum Gasteiger partial charge on any atom is -0.357 e. The molecule has 1 fully saturated rings. The van der Waals surface area contributed by atoms with E-state index in [9.17, 15) is 18.8 Å². The molecule has 2 aromatic rings. The van der Waals surface area contributed by atoms with Crippen LogP contribution in [0.25, 0.3) is 0 Å². The summed E-state index contributed by atoms with van der Waals surface area (Å²) in [7, 11) is 2.64. The van der Waals surface area contributed by atoms with Gasteiger partial charge in [0.05, 0.1) is 0 Å². The fourth-order valence-electron chi connectivity index (χ4n) is 3.88. The van der Waals surface area contributed by atoms with Crippen LogP contribution in [0.2, 0.25) is 0 Å². The number of carbonyl (C=O) groups excluding carboxylic acids is 3. The van der Waals surface area contributed by atoms with Crippen LogP contribution >= 0.6 is 0 Å². The van der Waals surface area contributed by atoms with Gasteiger partial charge in [0.1, 0.15) is 6.17 Å². The number of hydroxylamine groups is 1. The summed E-state index contributed by atoms with van der Waals surface area (Å²) in [5, 5.41) is 11.4. The first-order valence-electron chi connectivity index (χ1n) is 11.2. The van der Waals surface area contributed by atoms with Gasteiger partial charge in [0.15, 0.2) is 5.54 Å². The van der Waals surface area contributed by atoms with Crippen molar-refractivity contribution in [1.82, 2.24) is 20.6 Å². The Morgan fingerprint density at radius 1 is 1.09 bits per heavy atom. The summed E-state index contributed by atoms with van der Waals surface area (Å²) < 4.78 is 13.3.